The van der Waals surface area contributed by atoms with E-state index in [4.69, 9.17) is 10.5 Å². The van der Waals surface area contributed by atoms with Gasteiger partial charge in [-0.05, 0) is 43.0 Å². The SMILES string of the molecule is CC(COC(=O)N1CCC(Nc2ccccc2N)CC1)N(Cc1ccccc1)Cc1ccccc1. The topological polar surface area (TPSA) is 70.8 Å². The number of benzene rings is 3. The lowest BCUT2D eigenvalue weighted by molar-refractivity contribution is 0.0595. The number of likely N-dealkylation sites (tertiary alicyclic amines) is 1. The third kappa shape index (κ3) is 7.23. The molecule has 0 radical (unpaired) electrons. The number of para-hydroxylation sites is 2. The first kappa shape index (κ1) is 24.6. The molecular weight excluding hydrogens is 436 g/mol. The summed E-state index contributed by atoms with van der Waals surface area (Å²) in [5.74, 6) is 0. The first-order valence-corrected chi connectivity index (χ1v) is 12.4. The van der Waals surface area contributed by atoms with Crippen LogP contribution in [0.25, 0.3) is 0 Å². The van der Waals surface area contributed by atoms with E-state index < -0.39 is 0 Å². The van der Waals surface area contributed by atoms with Gasteiger partial charge in [0.1, 0.15) is 6.61 Å². The Morgan fingerprint density at radius 2 is 1.49 bits per heavy atom. The molecule has 1 heterocycles. The predicted molar refractivity (Wildman–Crippen MR) is 142 cm³/mol. The Bertz CT molecular complexity index is 1010. The number of hydrogen-bond acceptors (Lipinski definition) is 5. The molecule has 0 saturated carbocycles. The molecule has 3 aromatic rings. The molecule has 0 bridgehead atoms. The van der Waals surface area contributed by atoms with Crippen LogP contribution in [-0.4, -0.2) is 47.7 Å². The van der Waals surface area contributed by atoms with E-state index in [0.717, 1.165) is 37.3 Å². The van der Waals surface area contributed by atoms with Gasteiger partial charge in [0.15, 0.2) is 0 Å². The largest absolute Gasteiger partial charge is 0.448 e. The minimum absolute atomic E-state index is 0.0830. The van der Waals surface area contributed by atoms with Gasteiger partial charge >= 0.3 is 6.09 Å². The molecule has 6 heteroatoms. The molecule has 1 unspecified atom stereocenters. The maximum absolute atomic E-state index is 12.8. The molecule has 0 spiro atoms. The molecule has 1 atom stereocenters. The van der Waals surface area contributed by atoms with E-state index in [1.807, 2.05) is 41.3 Å². The zero-order valence-electron chi connectivity index (χ0n) is 20.5. The molecular formula is C29H36N4O2. The van der Waals surface area contributed by atoms with Crippen molar-refractivity contribution < 1.29 is 9.53 Å². The number of piperidine rings is 1. The van der Waals surface area contributed by atoms with E-state index in [9.17, 15) is 4.79 Å². The summed E-state index contributed by atoms with van der Waals surface area (Å²) in [6, 6.07) is 29.0. The van der Waals surface area contributed by atoms with Crippen molar-refractivity contribution in [1.82, 2.24) is 9.80 Å². The average molecular weight is 473 g/mol. The van der Waals surface area contributed by atoms with Gasteiger partial charge in [0.25, 0.3) is 0 Å². The highest BCUT2D eigenvalue weighted by atomic mass is 16.6. The van der Waals surface area contributed by atoms with E-state index in [2.05, 4.69) is 65.7 Å². The summed E-state index contributed by atoms with van der Waals surface area (Å²) < 4.78 is 5.78. The van der Waals surface area contributed by atoms with Gasteiger partial charge in [-0.2, -0.15) is 0 Å². The Morgan fingerprint density at radius 3 is 2.06 bits per heavy atom. The standard InChI is InChI=1S/C29H36N4O2/c1-23(33(20-24-10-4-2-5-11-24)21-25-12-6-3-7-13-25)22-35-29(34)32-18-16-26(17-19-32)31-28-15-9-8-14-27(28)30/h2-15,23,26,31H,16-22,30H2,1H3. The summed E-state index contributed by atoms with van der Waals surface area (Å²) >= 11 is 0. The summed E-state index contributed by atoms with van der Waals surface area (Å²) in [4.78, 5) is 17.0. The summed E-state index contributed by atoms with van der Waals surface area (Å²) in [7, 11) is 0. The molecule has 1 aliphatic rings. The molecule has 1 amide bonds. The Morgan fingerprint density at radius 1 is 0.943 bits per heavy atom. The second-order valence-corrected chi connectivity index (χ2v) is 9.30. The van der Waals surface area contributed by atoms with E-state index in [1.165, 1.54) is 11.1 Å². The molecule has 1 aliphatic heterocycles. The fourth-order valence-corrected chi connectivity index (χ4v) is 4.45. The maximum Gasteiger partial charge on any atom is 0.409 e. The van der Waals surface area contributed by atoms with E-state index in [1.54, 1.807) is 0 Å². The minimum Gasteiger partial charge on any atom is -0.448 e. The number of carbonyl (C=O) groups excluding carboxylic acids is 1. The normalized spacial score (nSPS) is 15.1. The number of nitrogens with one attached hydrogen (secondary N) is 1. The van der Waals surface area contributed by atoms with Crippen molar-refractivity contribution in [2.75, 3.05) is 30.7 Å². The van der Waals surface area contributed by atoms with E-state index >= 15 is 0 Å². The summed E-state index contributed by atoms with van der Waals surface area (Å²) in [6.07, 6.45) is 1.51. The summed E-state index contributed by atoms with van der Waals surface area (Å²) in [5, 5.41) is 3.51. The van der Waals surface area contributed by atoms with Crippen LogP contribution in [0.15, 0.2) is 84.9 Å². The molecule has 3 aromatic carbocycles. The Hall–Kier alpha value is -3.51. The number of nitrogens with zero attached hydrogens (tertiary/aromatic N) is 2. The third-order valence-corrected chi connectivity index (χ3v) is 6.60. The van der Waals surface area contributed by atoms with Crippen molar-refractivity contribution in [3.05, 3.63) is 96.1 Å². The maximum atomic E-state index is 12.8. The molecule has 1 fully saturated rings. The van der Waals surface area contributed by atoms with Crippen molar-refractivity contribution in [2.45, 2.75) is 44.9 Å². The first-order chi connectivity index (χ1) is 17.1. The van der Waals surface area contributed by atoms with E-state index in [-0.39, 0.29) is 12.1 Å². The lowest BCUT2D eigenvalue weighted by Gasteiger charge is -2.33. The van der Waals surface area contributed by atoms with Crippen LogP contribution in [0.2, 0.25) is 0 Å². The van der Waals surface area contributed by atoms with Gasteiger partial charge < -0.3 is 20.7 Å². The van der Waals surface area contributed by atoms with Crippen LogP contribution in [0.1, 0.15) is 30.9 Å². The van der Waals surface area contributed by atoms with Crippen LogP contribution >= 0.6 is 0 Å². The zero-order valence-corrected chi connectivity index (χ0v) is 20.5. The number of hydrogen-bond donors (Lipinski definition) is 2. The van der Waals surface area contributed by atoms with Gasteiger partial charge in [-0.3, -0.25) is 4.90 Å². The van der Waals surface area contributed by atoms with Crippen molar-refractivity contribution in [3.8, 4) is 0 Å². The molecule has 35 heavy (non-hydrogen) atoms. The summed E-state index contributed by atoms with van der Waals surface area (Å²) in [6.45, 7) is 5.43. The van der Waals surface area contributed by atoms with Crippen LogP contribution in [0, 0.1) is 0 Å². The quantitative estimate of drug-likeness (QED) is 0.410. The molecule has 0 aromatic heterocycles. The van der Waals surface area contributed by atoms with E-state index in [0.29, 0.717) is 25.7 Å². The Balaban J connectivity index is 1.28. The Labute approximate surface area is 208 Å². The number of nitrogens with two attached hydrogens (primary N) is 1. The van der Waals surface area contributed by atoms with Gasteiger partial charge in [-0.1, -0.05) is 72.8 Å². The van der Waals surface area contributed by atoms with Crippen molar-refractivity contribution >= 4 is 17.5 Å². The molecule has 6 nitrogen and oxygen atoms in total. The number of ether oxygens (including phenoxy) is 1. The number of carbonyl (C=O) groups is 1. The van der Waals surface area contributed by atoms with Gasteiger partial charge in [0, 0.05) is 38.3 Å². The van der Waals surface area contributed by atoms with Crippen LogP contribution in [-0.2, 0) is 17.8 Å². The second-order valence-electron chi connectivity index (χ2n) is 9.30. The van der Waals surface area contributed by atoms with Crippen LogP contribution in [0.5, 0.6) is 0 Å². The van der Waals surface area contributed by atoms with Crippen molar-refractivity contribution in [1.29, 1.82) is 0 Å². The predicted octanol–water partition coefficient (Wildman–Crippen LogP) is 5.37. The lowest BCUT2D eigenvalue weighted by Crippen LogP contribution is -2.44. The van der Waals surface area contributed by atoms with Crippen LogP contribution in [0.3, 0.4) is 0 Å². The molecule has 184 valence electrons. The fraction of sp³-hybridized carbons (Fsp3) is 0.345. The summed E-state index contributed by atoms with van der Waals surface area (Å²) in [5.41, 5.74) is 10.2. The second kappa shape index (κ2) is 12.3. The molecule has 1 saturated heterocycles. The zero-order chi connectivity index (χ0) is 24.5. The lowest BCUT2D eigenvalue weighted by atomic mass is 10.0. The first-order valence-electron chi connectivity index (χ1n) is 12.4. The van der Waals surface area contributed by atoms with Crippen molar-refractivity contribution in [2.24, 2.45) is 0 Å². The highest BCUT2D eigenvalue weighted by Gasteiger charge is 2.25. The number of anilines is 2. The van der Waals surface area contributed by atoms with Crippen molar-refractivity contribution in [3.63, 3.8) is 0 Å². The number of nitrogen functional groups attached to an aromatic ring is 1. The van der Waals surface area contributed by atoms with Crippen LogP contribution < -0.4 is 11.1 Å². The van der Waals surface area contributed by atoms with Gasteiger partial charge in [0.05, 0.1) is 11.4 Å². The van der Waals surface area contributed by atoms with Gasteiger partial charge in [-0.25, -0.2) is 4.79 Å². The number of amides is 1. The third-order valence-electron chi connectivity index (χ3n) is 6.60. The molecule has 0 aliphatic carbocycles. The average Bonchev–Trinajstić information content (AvgIpc) is 2.90. The van der Waals surface area contributed by atoms with Gasteiger partial charge in [-0.15, -0.1) is 0 Å². The highest BCUT2D eigenvalue weighted by molar-refractivity contribution is 5.68. The monoisotopic (exact) mass is 472 g/mol. The van der Waals surface area contributed by atoms with Crippen LogP contribution in [0.4, 0.5) is 16.2 Å². The fourth-order valence-electron chi connectivity index (χ4n) is 4.45. The smallest absolute Gasteiger partial charge is 0.409 e. The Kier molecular flexibility index (Phi) is 8.63. The number of rotatable bonds is 9. The highest BCUT2D eigenvalue weighted by Crippen LogP contribution is 2.22. The van der Waals surface area contributed by atoms with Gasteiger partial charge in [0.2, 0.25) is 0 Å². The molecule has 3 N–H and O–H groups in total. The molecule has 4 rings (SSSR count). The minimum atomic E-state index is -0.228.